The van der Waals surface area contributed by atoms with Crippen LogP contribution in [0.25, 0.3) is 16.6 Å². The molecule has 0 spiro atoms. The lowest BCUT2D eigenvalue weighted by Gasteiger charge is -2.03. The maximum atomic E-state index is 12.1. The quantitative estimate of drug-likeness (QED) is 0.578. The van der Waals surface area contributed by atoms with Crippen molar-refractivity contribution in [2.75, 3.05) is 0 Å². The predicted octanol–water partition coefficient (Wildman–Crippen LogP) is 1.67. The lowest BCUT2D eigenvalue weighted by atomic mass is 10.1. The van der Waals surface area contributed by atoms with E-state index in [9.17, 15) is 9.59 Å². The van der Waals surface area contributed by atoms with Crippen molar-refractivity contribution in [2.45, 2.75) is 0 Å². The van der Waals surface area contributed by atoms with Crippen LogP contribution < -0.4 is 5.73 Å². The zero-order valence-electron chi connectivity index (χ0n) is 10.5. The lowest BCUT2D eigenvalue weighted by molar-refractivity contribution is -0.114. The van der Waals surface area contributed by atoms with Crippen molar-refractivity contribution < 1.29 is 9.59 Å². The molecule has 20 heavy (non-hydrogen) atoms. The van der Waals surface area contributed by atoms with Gasteiger partial charge in [-0.2, -0.15) is 0 Å². The van der Waals surface area contributed by atoms with E-state index in [0.29, 0.717) is 5.56 Å². The molecule has 5 nitrogen and oxygen atoms in total. The number of nitrogens with zero attached hydrogens (tertiary/aromatic N) is 2. The first-order valence-electron chi connectivity index (χ1n) is 6.03. The Kier molecular flexibility index (Phi) is 2.80. The van der Waals surface area contributed by atoms with Crippen LogP contribution in [0.4, 0.5) is 0 Å². The molecule has 2 N–H and O–H groups in total. The van der Waals surface area contributed by atoms with E-state index in [1.807, 2.05) is 24.3 Å². The Balaban J connectivity index is 2.34. The third-order valence-electron chi connectivity index (χ3n) is 3.09. The molecule has 3 rings (SSSR count). The largest absolute Gasteiger partial charge is 0.363 e. The van der Waals surface area contributed by atoms with Gasteiger partial charge in [0.15, 0.2) is 0 Å². The third-order valence-corrected chi connectivity index (χ3v) is 3.09. The van der Waals surface area contributed by atoms with Crippen molar-refractivity contribution in [3.63, 3.8) is 0 Å². The summed E-state index contributed by atoms with van der Waals surface area (Å²) < 4.78 is 1.66. The summed E-state index contributed by atoms with van der Waals surface area (Å²) in [5.41, 5.74) is 7.64. The maximum absolute atomic E-state index is 12.1. The molecule has 0 radical (unpaired) electrons. The second kappa shape index (κ2) is 4.62. The van der Waals surface area contributed by atoms with Crippen molar-refractivity contribution in [3.05, 3.63) is 60.7 Å². The van der Waals surface area contributed by atoms with Crippen LogP contribution in [-0.4, -0.2) is 21.1 Å². The zero-order valence-corrected chi connectivity index (χ0v) is 10.5. The van der Waals surface area contributed by atoms with Crippen LogP contribution in [0.2, 0.25) is 0 Å². The monoisotopic (exact) mass is 265 g/mol. The van der Waals surface area contributed by atoms with Gasteiger partial charge in [0.25, 0.3) is 11.7 Å². The van der Waals surface area contributed by atoms with E-state index in [1.165, 1.54) is 0 Å². The number of ketones is 1. The van der Waals surface area contributed by atoms with Gasteiger partial charge in [0.1, 0.15) is 5.69 Å². The highest BCUT2D eigenvalue weighted by Crippen LogP contribution is 2.27. The fraction of sp³-hybridized carbons (Fsp3) is 0. The van der Waals surface area contributed by atoms with E-state index in [0.717, 1.165) is 11.1 Å². The predicted molar refractivity (Wildman–Crippen MR) is 74.2 cm³/mol. The molecule has 0 unspecified atom stereocenters. The van der Waals surface area contributed by atoms with E-state index in [4.69, 9.17) is 5.73 Å². The van der Waals surface area contributed by atoms with Gasteiger partial charge in [0.05, 0.1) is 0 Å². The van der Waals surface area contributed by atoms with Crippen molar-refractivity contribution in [1.29, 1.82) is 0 Å². The van der Waals surface area contributed by atoms with Crippen LogP contribution in [0.1, 0.15) is 10.5 Å². The van der Waals surface area contributed by atoms with Crippen LogP contribution in [0.3, 0.4) is 0 Å². The van der Waals surface area contributed by atoms with Crippen molar-refractivity contribution in [3.8, 4) is 11.1 Å². The lowest BCUT2D eigenvalue weighted by Crippen LogP contribution is -2.24. The molecule has 1 amide bonds. The van der Waals surface area contributed by atoms with E-state index >= 15 is 0 Å². The molecule has 0 saturated heterocycles. The summed E-state index contributed by atoms with van der Waals surface area (Å²) in [6.45, 7) is 0. The molecule has 0 bridgehead atoms. The smallest absolute Gasteiger partial charge is 0.291 e. The van der Waals surface area contributed by atoms with Gasteiger partial charge in [-0.15, -0.1) is 0 Å². The summed E-state index contributed by atoms with van der Waals surface area (Å²) in [7, 11) is 0. The van der Waals surface area contributed by atoms with Gasteiger partial charge >= 0.3 is 0 Å². The number of hydrogen-bond acceptors (Lipinski definition) is 3. The highest BCUT2D eigenvalue weighted by molar-refractivity contribution is 6.43. The standard InChI is InChI=1S/C15H11N3O2/c16-15(20)14(19)13-12(10-4-3-6-17-9-10)8-11-5-1-2-7-18(11)13/h1-9H,(H2,16,20). The molecule has 0 fully saturated rings. The first kappa shape index (κ1) is 12.1. The number of carbonyl (C=O) groups excluding carboxylic acids is 2. The first-order valence-corrected chi connectivity index (χ1v) is 6.03. The van der Waals surface area contributed by atoms with Crippen LogP contribution in [-0.2, 0) is 4.79 Å². The van der Waals surface area contributed by atoms with Crippen molar-refractivity contribution in [2.24, 2.45) is 5.73 Å². The highest BCUT2D eigenvalue weighted by atomic mass is 16.2. The molecule has 3 aromatic heterocycles. The zero-order chi connectivity index (χ0) is 14.1. The summed E-state index contributed by atoms with van der Waals surface area (Å²) >= 11 is 0. The van der Waals surface area contributed by atoms with Crippen molar-refractivity contribution >= 4 is 17.2 Å². The molecule has 3 aromatic rings. The number of nitrogens with two attached hydrogens (primary N) is 1. The molecule has 0 saturated carbocycles. The van der Waals surface area contributed by atoms with E-state index in [2.05, 4.69) is 4.98 Å². The topological polar surface area (TPSA) is 77.5 Å². The maximum Gasteiger partial charge on any atom is 0.291 e. The Bertz CT molecular complexity index is 806. The molecule has 3 heterocycles. The van der Waals surface area contributed by atoms with Crippen LogP contribution in [0, 0.1) is 0 Å². The Hall–Kier alpha value is -2.95. The van der Waals surface area contributed by atoms with Crippen LogP contribution in [0.5, 0.6) is 0 Å². The molecular weight excluding hydrogens is 254 g/mol. The van der Waals surface area contributed by atoms with Crippen LogP contribution in [0.15, 0.2) is 55.0 Å². The average Bonchev–Trinajstić information content (AvgIpc) is 2.86. The fourth-order valence-electron chi connectivity index (χ4n) is 2.21. The molecule has 0 aliphatic rings. The number of hydrogen-bond donors (Lipinski definition) is 1. The fourth-order valence-corrected chi connectivity index (χ4v) is 2.21. The first-order chi connectivity index (χ1) is 9.68. The van der Waals surface area contributed by atoms with E-state index < -0.39 is 11.7 Å². The number of pyridine rings is 2. The SMILES string of the molecule is NC(=O)C(=O)c1c(-c2cccnc2)cc2ccccn12. The van der Waals surface area contributed by atoms with Gasteiger partial charge in [-0.1, -0.05) is 12.1 Å². The Labute approximate surface area is 114 Å². The number of carbonyl (C=O) groups is 2. The van der Waals surface area contributed by atoms with Gasteiger partial charge in [-0.3, -0.25) is 14.6 Å². The number of Topliss-reactive ketones (excluding diaryl/α,β-unsaturated/α-hetero) is 1. The molecular formula is C15H11N3O2. The Morgan fingerprint density at radius 1 is 1.15 bits per heavy atom. The second-order valence-electron chi connectivity index (χ2n) is 4.34. The Morgan fingerprint density at radius 2 is 2.00 bits per heavy atom. The molecule has 0 aromatic carbocycles. The van der Waals surface area contributed by atoms with Crippen LogP contribution >= 0.6 is 0 Å². The molecule has 98 valence electrons. The average molecular weight is 265 g/mol. The summed E-state index contributed by atoms with van der Waals surface area (Å²) in [6.07, 6.45) is 5.02. The molecule has 0 aliphatic carbocycles. The Morgan fingerprint density at radius 3 is 2.70 bits per heavy atom. The normalized spacial score (nSPS) is 10.6. The summed E-state index contributed by atoms with van der Waals surface area (Å²) in [4.78, 5) is 27.4. The van der Waals surface area contributed by atoms with Gasteiger partial charge in [-0.05, 0) is 24.3 Å². The molecule has 0 atom stereocenters. The number of aromatic nitrogens is 2. The number of fused-ring (bicyclic) bond motifs is 1. The second-order valence-corrected chi connectivity index (χ2v) is 4.34. The minimum absolute atomic E-state index is 0.265. The highest BCUT2D eigenvalue weighted by Gasteiger charge is 2.22. The molecule has 0 aliphatic heterocycles. The van der Waals surface area contributed by atoms with Gasteiger partial charge < -0.3 is 10.1 Å². The summed E-state index contributed by atoms with van der Waals surface area (Å²) in [6, 6.07) is 11.0. The van der Waals surface area contributed by atoms with Gasteiger partial charge in [0.2, 0.25) is 0 Å². The number of primary amides is 1. The van der Waals surface area contributed by atoms with Crippen molar-refractivity contribution in [1.82, 2.24) is 9.38 Å². The third kappa shape index (κ3) is 1.85. The van der Waals surface area contributed by atoms with E-state index in [-0.39, 0.29) is 5.69 Å². The minimum Gasteiger partial charge on any atom is -0.363 e. The van der Waals surface area contributed by atoms with Gasteiger partial charge in [0, 0.05) is 35.2 Å². The summed E-state index contributed by atoms with van der Waals surface area (Å²) in [5.74, 6) is -1.69. The number of amides is 1. The van der Waals surface area contributed by atoms with E-state index in [1.54, 1.807) is 35.1 Å². The minimum atomic E-state index is -0.973. The summed E-state index contributed by atoms with van der Waals surface area (Å²) in [5, 5.41) is 0. The molecule has 5 heteroatoms. The van der Waals surface area contributed by atoms with Gasteiger partial charge in [-0.25, -0.2) is 0 Å². The number of rotatable bonds is 3.